The fourth-order valence-electron chi connectivity index (χ4n) is 7.81. The van der Waals surface area contributed by atoms with Crippen LogP contribution in [0.2, 0.25) is 0 Å². The number of rotatable bonds is 4. The molecule has 5 aliphatic rings. The first-order valence-corrected chi connectivity index (χ1v) is 12.8. The molecule has 2 bridgehead atoms. The minimum atomic E-state index is -0.433. The van der Waals surface area contributed by atoms with Gasteiger partial charge in [0, 0.05) is 35.6 Å². The Balaban J connectivity index is 1.33. The van der Waals surface area contributed by atoms with Crippen molar-refractivity contribution in [2.24, 2.45) is 5.92 Å². The maximum Gasteiger partial charge on any atom is 0.262 e. The number of phenolic OH excluding ortho intramolecular Hbond substituents is 1. The van der Waals surface area contributed by atoms with E-state index in [0.717, 1.165) is 42.5 Å². The number of hydrogen-bond donors (Lipinski definition) is 3. The lowest BCUT2D eigenvalue weighted by molar-refractivity contribution is -0.934. The molecule has 1 amide bonds. The molecule has 0 aromatic heterocycles. The zero-order valence-corrected chi connectivity index (χ0v) is 20.5. The van der Waals surface area contributed by atoms with Crippen LogP contribution in [0.5, 0.6) is 11.5 Å². The Kier molecular flexibility index (Phi) is 4.55. The van der Waals surface area contributed by atoms with Crippen molar-refractivity contribution in [3.63, 3.8) is 0 Å². The van der Waals surface area contributed by atoms with Gasteiger partial charge in [0.1, 0.15) is 36.9 Å². The van der Waals surface area contributed by atoms with E-state index in [0.29, 0.717) is 40.3 Å². The summed E-state index contributed by atoms with van der Waals surface area (Å²) in [7, 11) is 0. The molecule has 2 fully saturated rings. The average Bonchev–Trinajstić information content (AvgIpc) is 3.43. The molecule has 188 valence electrons. The standard InChI is InChI=1S/C29H27N3O5/c1-2-16-12-32(13-23(35)17-6-7-24-21(10-17)30-26(36)15-37-24)9-8-29-20-4-3-5-22(34)27(20)31-28(29)19(14-33)18(16)11-25(29)32/h2-7,10,14,18,25H,8-9,11-13,15H2,1H3,(H2-,30,31,33,34,36)/p+1/b16-2-/t18-,25?,29+,32?/m0/s1. The second-order valence-electron chi connectivity index (χ2n) is 10.9. The van der Waals surface area contributed by atoms with Crippen molar-refractivity contribution in [3.8, 4) is 11.5 Å². The van der Waals surface area contributed by atoms with E-state index in [-0.39, 0.29) is 36.0 Å². The Morgan fingerprint density at radius 1 is 1.27 bits per heavy atom. The van der Waals surface area contributed by atoms with Crippen LogP contribution in [0.4, 0.5) is 11.4 Å². The van der Waals surface area contributed by atoms with Crippen LogP contribution in [0.15, 0.2) is 59.3 Å². The molecular weight excluding hydrogens is 470 g/mol. The quantitative estimate of drug-likeness (QED) is 0.197. The molecule has 2 unspecified atom stereocenters. The Morgan fingerprint density at radius 2 is 2.14 bits per heavy atom. The highest BCUT2D eigenvalue weighted by atomic mass is 16.5. The third-order valence-electron chi connectivity index (χ3n) is 9.36. The fourth-order valence-corrected chi connectivity index (χ4v) is 7.81. The summed E-state index contributed by atoms with van der Waals surface area (Å²) in [5.41, 5.74) is 5.20. The fraction of sp³-hybridized carbons (Fsp3) is 0.345. The van der Waals surface area contributed by atoms with E-state index in [1.54, 1.807) is 24.3 Å². The molecule has 4 aliphatic heterocycles. The van der Waals surface area contributed by atoms with Crippen molar-refractivity contribution in [1.29, 1.82) is 0 Å². The summed E-state index contributed by atoms with van der Waals surface area (Å²) in [6.07, 6.45) is 4.67. The number of para-hydroxylation sites is 1. The van der Waals surface area contributed by atoms with Gasteiger partial charge in [0.25, 0.3) is 5.91 Å². The van der Waals surface area contributed by atoms with Crippen LogP contribution in [0.1, 0.15) is 35.7 Å². The van der Waals surface area contributed by atoms with Gasteiger partial charge in [0.2, 0.25) is 5.78 Å². The van der Waals surface area contributed by atoms with Gasteiger partial charge >= 0.3 is 0 Å². The Morgan fingerprint density at radius 3 is 2.95 bits per heavy atom. The first-order chi connectivity index (χ1) is 17.9. The number of aromatic hydroxyl groups is 1. The number of phenols is 1. The normalized spacial score (nSPS) is 31.6. The van der Waals surface area contributed by atoms with Gasteiger partial charge in [-0.3, -0.25) is 14.4 Å². The average molecular weight is 499 g/mol. The van der Waals surface area contributed by atoms with Gasteiger partial charge in [-0.15, -0.1) is 0 Å². The van der Waals surface area contributed by atoms with Crippen LogP contribution >= 0.6 is 0 Å². The maximum absolute atomic E-state index is 13.8. The zero-order chi connectivity index (χ0) is 25.5. The van der Waals surface area contributed by atoms with Gasteiger partial charge in [-0.25, -0.2) is 0 Å². The number of nitrogens with one attached hydrogen (secondary N) is 2. The molecule has 1 aliphatic carbocycles. The van der Waals surface area contributed by atoms with Gasteiger partial charge in [-0.1, -0.05) is 18.2 Å². The number of ketones is 1. The van der Waals surface area contributed by atoms with Crippen LogP contribution in [0, 0.1) is 5.92 Å². The molecule has 8 nitrogen and oxygen atoms in total. The number of nitrogens with zero attached hydrogens (tertiary/aromatic N) is 1. The van der Waals surface area contributed by atoms with Crippen molar-refractivity contribution in [2.45, 2.75) is 31.2 Å². The number of quaternary nitrogens is 1. The predicted molar refractivity (Wildman–Crippen MR) is 137 cm³/mol. The van der Waals surface area contributed by atoms with Crippen molar-refractivity contribution in [3.05, 3.63) is 70.4 Å². The third-order valence-corrected chi connectivity index (χ3v) is 9.36. The zero-order valence-electron chi connectivity index (χ0n) is 20.5. The number of piperidine rings is 1. The van der Waals surface area contributed by atoms with Gasteiger partial charge in [0.05, 0.1) is 23.3 Å². The summed E-state index contributed by atoms with van der Waals surface area (Å²) in [5.74, 6) is 0.539. The molecule has 1 spiro atoms. The van der Waals surface area contributed by atoms with E-state index >= 15 is 0 Å². The lowest BCUT2D eigenvalue weighted by atomic mass is 9.61. The molecule has 7 rings (SSSR count). The number of allylic oxidation sites excluding steroid dienone is 2. The first kappa shape index (κ1) is 22.3. The minimum absolute atomic E-state index is 0.00939. The summed E-state index contributed by atoms with van der Waals surface area (Å²) in [6, 6.07) is 10.9. The highest BCUT2D eigenvalue weighted by Crippen LogP contribution is 2.64. The molecular formula is C29H28N3O5+. The lowest BCUT2D eigenvalue weighted by Gasteiger charge is -2.53. The molecule has 4 heterocycles. The number of carbonyl (C=O) groups excluding carboxylic acids is 3. The molecule has 0 radical (unpaired) electrons. The van der Waals surface area contributed by atoms with Gasteiger partial charge in [-0.05, 0) is 42.3 Å². The Hall–Kier alpha value is -3.91. The molecule has 3 N–H and O–H groups in total. The van der Waals surface area contributed by atoms with Crippen LogP contribution < -0.4 is 15.4 Å². The highest BCUT2D eigenvalue weighted by Gasteiger charge is 2.69. The topological polar surface area (TPSA) is 105 Å². The van der Waals surface area contributed by atoms with Crippen LogP contribution in [-0.4, -0.2) is 59.8 Å². The second kappa shape index (κ2) is 7.55. The van der Waals surface area contributed by atoms with Gasteiger partial charge in [-0.2, -0.15) is 0 Å². The van der Waals surface area contributed by atoms with Crippen LogP contribution in [0.3, 0.4) is 0 Å². The number of fused-ring (bicyclic) bond motifs is 3. The van der Waals surface area contributed by atoms with E-state index in [1.165, 1.54) is 5.57 Å². The summed E-state index contributed by atoms with van der Waals surface area (Å²) in [5, 5.41) is 16.9. The van der Waals surface area contributed by atoms with Crippen molar-refractivity contribution in [2.75, 3.05) is 36.9 Å². The number of Topliss-reactive ketones (excluding diaryl/α,β-unsaturated/α-hetero) is 1. The smallest absolute Gasteiger partial charge is 0.262 e. The number of benzene rings is 2. The summed E-state index contributed by atoms with van der Waals surface area (Å²) >= 11 is 0. The summed E-state index contributed by atoms with van der Waals surface area (Å²) < 4.78 is 6.08. The molecule has 4 atom stereocenters. The van der Waals surface area contributed by atoms with Crippen molar-refractivity contribution >= 4 is 29.4 Å². The lowest BCUT2D eigenvalue weighted by Crippen LogP contribution is -2.64. The monoisotopic (exact) mass is 498 g/mol. The molecule has 2 saturated heterocycles. The van der Waals surface area contributed by atoms with Gasteiger partial charge < -0.3 is 25.0 Å². The maximum atomic E-state index is 13.8. The summed E-state index contributed by atoms with van der Waals surface area (Å²) in [6.45, 7) is 3.80. The number of carbonyl (C=O) groups is 3. The van der Waals surface area contributed by atoms with Crippen LogP contribution in [0.25, 0.3) is 0 Å². The second-order valence-corrected chi connectivity index (χ2v) is 10.9. The van der Waals surface area contributed by atoms with E-state index in [2.05, 4.69) is 22.8 Å². The van der Waals surface area contributed by atoms with Crippen LogP contribution in [-0.2, 0) is 15.0 Å². The first-order valence-electron chi connectivity index (χ1n) is 12.8. The van der Waals surface area contributed by atoms with Gasteiger partial charge in [0.15, 0.2) is 6.61 Å². The molecule has 0 saturated carbocycles. The van der Waals surface area contributed by atoms with E-state index in [4.69, 9.17) is 4.74 Å². The number of aldehydes is 1. The molecule has 8 heteroatoms. The van der Waals surface area contributed by atoms with E-state index < -0.39 is 5.41 Å². The number of ether oxygens (including phenoxy) is 1. The predicted octanol–water partition coefficient (Wildman–Crippen LogP) is 3.29. The number of hydrogen-bond acceptors (Lipinski definition) is 6. The molecule has 37 heavy (non-hydrogen) atoms. The minimum Gasteiger partial charge on any atom is -0.506 e. The summed E-state index contributed by atoms with van der Waals surface area (Å²) in [4.78, 5) is 38.1. The third kappa shape index (κ3) is 2.84. The number of amides is 1. The molecule has 2 aromatic carbocycles. The van der Waals surface area contributed by atoms with Crippen molar-refractivity contribution in [1.82, 2.24) is 0 Å². The highest BCUT2D eigenvalue weighted by molar-refractivity contribution is 6.01. The number of anilines is 2. The Bertz CT molecular complexity index is 1480. The van der Waals surface area contributed by atoms with E-state index in [1.807, 2.05) is 13.0 Å². The Labute approximate surface area is 214 Å². The SMILES string of the molecule is C/C=C1/C[N+]2(CC(=O)c3ccc4c(c3)NC(=O)CO4)CC[C@]34C(=C(C=O)[C@H]1CC32)Nc1c(O)cccc14. The van der Waals surface area contributed by atoms with E-state index in [9.17, 15) is 19.5 Å². The molecule has 2 aromatic rings. The van der Waals surface area contributed by atoms with Crippen molar-refractivity contribution < 1.29 is 28.7 Å². The largest absolute Gasteiger partial charge is 0.506 e.